The van der Waals surface area contributed by atoms with Crippen molar-refractivity contribution in [2.45, 2.75) is 65.2 Å². The van der Waals surface area contributed by atoms with Crippen LogP contribution in [-0.4, -0.2) is 28.9 Å². The number of benzene rings is 2. The second-order valence-corrected chi connectivity index (χ2v) is 9.68. The van der Waals surface area contributed by atoms with Crippen LogP contribution in [0.1, 0.15) is 79.1 Å². The highest BCUT2D eigenvalue weighted by Crippen LogP contribution is 2.25. The zero-order valence-electron chi connectivity index (χ0n) is 20.5. The number of rotatable bonds is 14. The van der Waals surface area contributed by atoms with E-state index in [9.17, 15) is 9.90 Å². The summed E-state index contributed by atoms with van der Waals surface area (Å²) in [5, 5.41) is 10.9. The standard InChI is InChI=1S/C28H34N2O4S/c1-3-4-5-6-7-8-9-10-17-33-24-14-11-22(12-15-24)27(32)34-25-16-13-23(26(31)18-25)20-30-28-29-19-21(2)35-28/h11-16,18-20,31H,3-10,17H2,1-2H3/b30-20+. The molecule has 6 nitrogen and oxygen atoms in total. The van der Waals surface area contributed by atoms with E-state index in [0.29, 0.717) is 22.9 Å². The Bertz CT molecular complexity index is 1090. The molecule has 0 fully saturated rings. The SMILES string of the molecule is CCCCCCCCCCOc1ccc(C(=O)Oc2ccc(/C=N/c3ncc(C)s3)c(O)c2)cc1. The maximum Gasteiger partial charge on any atom is 0.343 e. The summed E-state index contributed by atoms with van der Waals surface area (Å²) in [5.74, 6) is 0.460. The summed E-state index contributed by atoms with van der Waals surface area (Å²) in [6, 6.07) is 11.6. The molecular formula is C28H34N2O4S. The van der Waals surface area contributed by atoms with Gasteiger partial charge in [-0.3, -0.25) is 0 Å². The number of carbonyl (C=O) groups is 1. The van der Waals surface area contributed by atoms with E-state index in [1.807, 2.05) is 6.92 Å². The van der Waals surface area contributed by atoms with Gasteiger partial charge in [0.25, 0.3) is 0 Å². The number of aliphatic imine (C=N–C) groups is 1. The molecule has 186 valence electrons. The van der Waals surface area contributed by atoms with Crippen LogP contribution in [0.5, 0.6) is 17.2 Å². The largest absolute Gasteiger partial charge is 0.507 e. The zero-order valence-corrected chi connectivity index (χ0v) is 21.4. The smallest absolute Gasteiger partial charge is 0.343 e. The molecule has 0 amide bonds. The van der Waals surface area contributed by atoms with Crippen LogP contribution in [0.4, 0.5) is 5.13 Å². The molecule has 1 aromatic heterocycles. The summed E-state index contributed by atoms with van der Waals surface area (Å²) >= 11 is 1.46. The van der Waals surface area contributed by atoms with E-state index in [-0.39, 0.29) is 11.5 Å². The van der Waals surface area contributed by atoms with Gasteiger partial charge in [-0.1, -0.05) is 51.9 Å². The van der Waals surface area contributed by atoms with Crippen molar-refractivity contribution >= 4 is 28.7 Å². The minimum Gasteiger partial charge on any atom is -0.507 e. The van der Waals surface area contributed by atoms with Gasteiger partial charge in [0.2, 0.25) is 5.13 Å². The highest BCUT2D eigenvalue weighted by Gasteiger charge is 2.11. The second-order valence-electron chi connectivity index (χ2n) is 8.47. The number of nitrogens with zero attached hydrogens (tertiary/aromatic N) is 2. The lowest BCUT2D eigenvalue weighted by Gasteiger charge is -2.08. The fraction of sp³-hybridized carbons (Fsp3) is 0.393. The lowest BCUT2D eigenvalue weighted by atomic mass is 10.1. The first-order valence-electron chi connectivity index (χ1n) is 12.3. The summed E-state index contributed by atoms with van der Waals surface area (Å²) < 4.78 is 11.2. The van der Waals surface area contributed by atoms with Crippen LogP contribution in [-0.2, 0) is 0 Å². The summed E-state index contributed by atoms with van der Waals surface area (Å²) in [4.78, 5) is 22.0. The molecular weight excluding hydrogens is 460 g/mol. The van der Waals surface area contributed by atoms with Crippen LogP contribution in [0.25, 0.3) is 0 Å². The third kappa shape index (κ3) is 9.17. The first-order valence-corrected chi connectivity index (χ1v) is 13.1. The topological polar surface area (TPSA) is 81.0 Å². The van der Waals surface area contributed by atoms with E-state index in [0.717, 1.165) is 17.0 Å². The molecule has 0 aliphatic carbocycles. The number of thiazole rings is 1. The Labute approximate surface area is 211 Å². The van der Waals surface area contributed by atoms with E-state index in [4.69, 9.17) is 9.47 Å². The predicted molar refractivity (Wildman–Crippen MR) is 142 cm³/mol. The number of esters is 1. The molecule has 0 saturated heterocycles. The molecule has 0 aliphatic heterocycles. The number of hydrogen-bond donors (Lipinski definition) is 1. The van der Waals surface area contributed by atoms with E-state index in [1.54, 1.807) is 42.6 Å². The minimum atomic E-state index is -0.501. The van der Waals surface area contributed by atoms with Crippen molar-refractivity contribution in [2.75, 3.05) is 6.61 Å². The lowest BCUT2D eigenvalue weighted by molar-refractivity contribution is 0.0734. The highest BCUT2D eigenvalue weighted by molar-refractivity contribution is 7.15. The number of hydrogen-bond acceptors (Lipinski definition) is 7. The Morgan fingerprint density at radius 3 is 2.34 bits per heavy atom. The van der Waals surface area contributed by atoms with Crippen molar-refractivity contribution < 1.29 is 19.4 Å². The van der Waals surface area contributed by atoms with Crippen LogP contribution in [0.15, 0.2) is 53.7 Å². The van der Waals surface area contributed by atoms with E-state index >= 15 is 0 Å². The summed E-state index contributed by atoms with van der Waals surface area (Å²) in [6.45, 7) is 4.87. The quantitative estimate of drug-likeness (QED) is 0.108. The Balaban J connectivity index is 1.42. The first kappa shape index (κ1) is 26.4. The van der Waals surface area contributed by atoms with Gasteiger partial charge in [0.05, 0.1) is 12.2 Å². The number of ether oxygens (including phenoxy) is 2. The van der Waals surface area contributed by atoms with E-state index in [1.165, 1.54) is 68.6 Å². The third-order valence-electron chi connectivity index (χ3n) is 5.49. The zero-order chi connectivity index (χ0) is 24.9. The number of unbranched alkanes of at least 4 members (excludes halogenated alkanes) is 7. The molecule has 0 unspecified atom stereocenters. The predicted octanol–water partition coefficient (Wildman–Crippen LogP) is 7.65. The van der Waals surface area contributed by atoms with Crippen LogP contribution < -0.4 is 9.47 Å². The van der Waals surface area contributed by atoms with Crippen molar-refractivity contribution in [3.05, 3.63) is 64.7 Å². The minimum absolute atomic E-state index is 0.0305. The van der Waals surface area contributed by atoms with Gasteiger partial charge < -0.3 is 14.6 Å². The Hall–Kier alpha value is -3.19. The van der Waals surface area contributed by atoms with Crippen molar-refractivity contribution in [3.63, 3.8) is 0 Å². The average Bonchev–Trinajstić information content (AvgIpc) is 3.28. The van der Waals surface area contributed by atoms with Gasteiger partial charge >= 0.3 is 5.97 Å². The number of aryl methyl sites for hydroxylation is 1. The Morgan fingerprint density at radius 2 is 1.69 bits per heavy atom. The fourth-order valence-corrected chi connectivity index (χ4v) is 4.11. The summed E-state index contributed by atoms with van der Waals surface area (Å²) in [5.41, 5.74) is 0.921. The van der Waals surface area contributed by atoms with Crippen LogP contribution in [0.2, 0.25) is 0 Å². The van der Waals surface area contributed by atoms with Gasteiger partial charge in [0, 0.05) is 28.9 Å². The summed E-state index contributed by atoms with van der Waals surface area (Å²) in [6.07, 6.45) is 13.3. The molecule has 0 saturated carbocycles. The van der Waals surface area contributed by atoms with Crippen molar-refractivity contribution in [1.82, 2.24) is 4.98 Å². The average molecular weight is 495 g/mol. The van der Waals surface area contributed by atoms with E-state index < -0.39 is 5.97 Å². The van der Waals surface area contributed by atoms with E-state index in [2.05, 4.69) is 16.9 Å². The van der Waals surface area contributed by atoms with Gasteiger partial charge in [-0.05, 0) is 49.7 Å². The molecule has 0 radical (unpaired) electrons. The number of phenolic OH excluding ortho intramolecular Hbond substituents is 1. The number of aromatic hydroxyl groups is 1. The van der Waals surface area contributed by atoms with Crippen molar-refractivity contribution in [1.29, 1.82) is 0 Å². The molecule has 3 aromatic rings. The molecule has 1 heterocycles. The number of phenols is 1. The third-order valence-corrected chi connectivity index (χ3v) is 6.31. The van der Waals surface area contributed by atoms with Crippen molar-refractivity contribution in [3.8, 4) is 17.2 Å². The maximum atomic E-state index is 12.5. The molecule has 1 N–H and O–H groups in total. The molecule has 0 spiro atoms. The molecule has 0 atom stereocenters. The Morgan fingerprint density at radius 1 is 1.00 bits per heavy atom. The van der Waals surface area contributed by atoms with Gasteiger partial charge in [-0.15, -0.1) is 11.3 Å². The normalized spacial score (nSPS) is 11.1. The molecule has 35 heavy (non-hydrogen) atoms. The molecule has 2 aromatic carbocycles. The molecule has 7 heteroatoms. The second kappa shape index (κ2) is 14.3. The maximum absolute atomic E-state index is 12.5. The number of aromatic nitrogens is 1. The lowest BCUT2D eigenvalue weighted by Crippen LogP contribution is -2.08. The fourth-order valence-electron chi connectivity index (χ4n) is 3.50. The monoisotopic (exact) mass is 494 g/mol. The molecule has 0 bridgehead atoms. The van der Waals surface area contributed by atoms with Gasteiger partial charge in [-0.25, -0.2) is 14.8 Å². The van der Waals surface area contributed by atoms with Gasteiger partial charge in [0.15, 0.2) is 0 Å². The first-order chi connectivity index (χ1) is 17.0. The Kier molecular flexibility index (Phi) is 10.8. The van der Waals surface area contributed by atoms with Gasteiger partial charge in [-0.2, -0.15) is 0 Å². The van der Waals surface area contributed by atoms with Crippen LogP contribution in [0.3, 0.4) is 0 Å². The number of carbonyl (C=O) groups excluding carboxylic acids is 1. The summed E-state index contributed by atoms with van der Waals surface area (Å²) in [7, 11) is 0. The van der Waals surface area contributed by atoms with Crippen molar-refractivity contribution in [2.24, 2.45) is 4.99 Å². The highest BCUT2D eigenvalue weighted by atomic mass is 32.1. The molecule has 3 rings (SSSR count). The van der Waals surface area contributed by atoms with Gasteiger partial charge in [0.1, 0.15) is 17.2 Å². The van der Waals surface area contributed by atoms with Crippen LogP contribution >= 0.6 is 11.3 Å². The molecule has 0 aliphatic rings. The van der Waals surface area contributed by atoms with Crippen LogP contribution in [0, 0.1) is 6.92 Å².